The van der Waals surface area contributed by atoms with Crippen molar-refractivity contribution < 1.29 is 0 Å². The van der Waals surface area contributed by atoms with Gasteiger partial charge in [-0.2, -0.15) is 0 Å². The van der Waals surface area contributed by atoms with Gasteiger partial charge in [0.1, 0.15) is 12.1 Å². The molecule has 0 bridgehead atoms. The molecule has 0 radical (unpaired) electrons. The molecule has 0 saturated heterocycles. The first kappa shape index (κ1) is 12.1. The minimum Gasteiger partial charge on any atom is -0.366 e. The second-order valence-corrected chi connectivity index (χ2v) is 4.92. The molecule has 0 saturated carbocycles. The molecule has 1 aliphatic rings. The second kappa shape index (κ2) is 5.78. The van der Waals surface area contributed by atoms with Crippen LogP contribution in [0.2, 0.25) is 0 Å². The molecule has 2 aromatic rings. The number of fused-ring (bicyclic) bond motifs is 1. The summed E-state index contributed by atoms with van der Waals surface area (Å²) in [5.41, 5.74) is 3.70. The zero-order valence-corrected chi connectivity index (χ0v) is 11.0. The SMILES string of the molecule is c1cncc(CNc2ncnc3c2CCCCC3)c1. The van der Waals surface area contributed by atoms with E-state index in [2.05, 4.69) is 26.3 Å². The van der Waals surface area contributed by atoms with Crippen LogP contribution in [0.3, 0.4) is 0 Å². The number of hydrogen-bond acceptors (Lipinski definition) is 4. The highest BCUT2D eigenvalue weighted by atomic mass is 15.0. The van der Waals surface area contributed by atoms with Gasteiger partial charge in [-0.1, -0.05) is 12.5 Å². The van der Waals surface area contributed by atoms with Gasteiger partial charge in [-0.05, 0) is 37.3 Å². The first-order valence-electron chi connectivity index (χ1n) is 6.89. The summed E-state index contributed by atoms with van der Waals surface area (Å²) in [7, 11) is 0. The first-order valence-corrected chi connectivity index (χ1v) is 6.89. The number of aromatic nitrogens is 3. The average molecular weight is 254 g/mol. The predicted molar refractivity (Wildman–Crippen MR) is 74.9 cm³/mol. The minimum atomic E-state index is 0.761. The Morgan fingerprint density at radius 3 is 2.95 bits per heavy atom. The van der Waals surface area contributed by atoms with E-state index in [1.54, 1.807) is 12.5 Å². The first-order chi connectivity index (χ1) is 9.43. The van der Waals surface area contributed by atoms with Crippen molar-refractivity contribution in [2.45, 2.75) is 38.6 Å². The van der Waals surface area contributed by atoms with Gasteiger partial charge in [0.05, 0.1) is 0 Å². The Bertz CT molecular complexity index is 539. The van der Waals surface area contributed by atoms with Crippen molar-refractivity contribution in [3.63, 3.8) is 0 Å². The Balaban J connectivity index is 1.78. The number of anilines is 1. The Morgan fingerprint density at radius 1 is 1.11 bits per heavy atom. The van der Waals surface area contributed by atoms with Crippen molar-refractivity contribution in [3.05, 3.63) is 47.7 Å². The topological polar surface area (TPSA) is 50.7 Å². The maximum absolute atomic E-state index is 4.43. The van der Waals surface area contributed by atoms with Crippen molar-refractivity contribution in [3.8, 4) is 0 Å². The van der Waals surface area contributed by atoms with E-state index >= 15 is 0 Å². The summed E-state index contributed by atoms with van der Waals surface area (Å²) in [6, 6.07) is 4.03. The summed E-state index contributed by atoms with van der Waals surface area (Å²) in [5, 5.41) is 3.43. The van der Waals surface area contributed by atoms with E-state index < -0.39 is 0 Å². The fourth-order valence-electron chi connectivity index (χ4n) is 2.54. The van der Waals surface area contributed by atoms with Gasteiger partial charge in [0.15, 0.2) is 0 Å². The van der Waals surface area contributed by atoms with Crippen molar-refractivity contribution in [1.82, 2.24) is 15.0 Å². The highest BCUT2D eigenvalue weighted by molar-refractivity contribution is 5.46. The average Bonchev–Trinajstić information content (AvgIpc) is 2.72. The fourth-order valence-corrected chi connectivity index (χ4v) is 2.54. The van der Waals surface area contributed by atoms with Gasteiger partial charge in [0.2, 0.25) is 0 Å². The van der Waals surface area contributed by atoms with Gasteiger partial charge < -0.3 is 5.32 Å². The van der Waals surface area contributed by atoms with Crippen LogP contribution in [0.1, 0.15) is 36.1 Å². The standard InChI is InChI=1S/C15H18N4/c1-2-6-13-14(7-3-1)18-11-19-15(13)17-10-12-5-4-8-16-9-12/h4-5,8-9,11H,1-3,6-7,10H2,(H,17,18,19). The van der Waals surface area contributed by atoms with Crippen LogP contribution in [0.25, 0.3) is 0 Å². The van der Waals surface area contributed by atoms with Crippen LogP contribution >= 0.6 is 0 Å². The van der Waals surface area contributed by atoms with Crippen LogP contribution in [0.15, 0.2) is 30.9 Å². The van der Waals surface area contributed by atoms with E-state index in [-0.39, 0.29) is 0 Å². The summed E-state index contributed by atoms with van der Waals surface area (Å²) in [5.74, 6) is 0.996. The third-order valence-electron chi connectivity index (χ3n) is 3.56. The molecule has 1 aliphatic carbocycles. The molecule has 2 heterocycles. The molecule has 0 fully saturated rings. The quantitative estimate of drug-likeness (QED) is 0.856. The molecule has 19 heavy (non-hydrogen) atoms. The molecule has 4 heteroatoms. The van der Waals surface area contributed by atoms with E-state index in [0.29, 0.717) is 0 Å². The highest BCUT2D eigenvalue weighted by Crippen LogP contribution is 2.24. The lowest BCUT2D eigenvalue weighted by atomic mass is 10.1. The summed E-state index contributed by atoms with van der Waals surface area (Å²) >= 11 is 0. The molecule has 2 aromatic heterocycles. The zero-order valence-electron chi connectivity index (χ0n) is 11.0. The molecule has 0 atom stereocenters. The summed E-state index contributed by atoms with van der Waals surface area (Å²) in [6.07, 6.45) is 11.3. The molecule has 0 aromatic carbocycles. The summed E-state index contributed by atoms with van der Waals surface area (Å²) in [6.45, 7) is 0.761. The molecule has 1 N–H and O–H groups in total. The third kappa shape index (κ3) is 2.89. The number of hydrogen-bond donors (Lipinski definition) is 1. The van der Waals surface area contributed by atoms with Crippen LogP contribution in [0.5, 0.6) is 0 Å². The van der Waals surface area contributed by atoms with Crippen LogP contribution in [-0.2, 0) is 19.4 Å². The smallest absolute Gasteiger partial charge is 0.133 e. The number of nitrogens with one attached hydrogen (secondary N) is 1. The molecule has 4 nitrogen and oxygen atoms in total. The van der Waals surface area contributed by atoms with Gasteiger partial charge in [0, 0.05) is 30.2 Å². The molecular weight excluding hydrogens is 236 g/mol. The molecule has 0 amide bonds. The predicted octanol–water partition coefficient (Wildman–Crippen LogP) is 2.75. The molecule has 0 aliphatic heterocycles. The molecule has 3 rings (SSSR count). The van der Waals surface area contributed by atoms with Gasteiger partial charge in [-0.25, -0.2) is 9.97 Å². The van der Waals surface area contributed by atoms with Gasteiger partial charge in [-0.15, -0.1) is 0 Å². The minimum absolute atomic E-state index is 0.761. The van der Waals surface area contributed by atoms with Crippen LogP contribution < -0.4 is 5.32 Å². The van der Waals surface area contributed by atoms with Crippen LogP contribution in [0, 0.1) is 0 Å². The van der Waals surface area contributed by atoms with Crippen molar-refractivity contribution in [1.29, 1.82) is 0 Å². The number of pyridine rings is 1. The largest absolute Gasteiger partial charge is 0.366 e. The second-order valence-electron chi connectivity index (χ2n) is 4.92. The van der Waals surface area contributed by atoms with Gasteiger partial charge >= 0.3 is 0 Å². The summed E-state index contributed by atoms with van der Waals surface area (Å²) in [4.78, 5) is 13.0. The van der Waals surface area contributed by atoms with Crippen LogP contribution in [-0.4, -0.2) is 15.0 Å². The Labute approximate surface area is 113 Å². The lowest BCUT2D eigenvalue weighted by Crippen LogP contribution is -2.08. The third-order valence-corrected chi connectivity index (χ3v) is 3.56. The molecule has 0 spiro atoms. The van der Waals surface area contributed by atoms with E-state index in [9.17, 15) is 0 Å². The fraction of sp³-hybridized carbons (Fsp3) is 0.400. The van der Waals surface area contributed by atoms with Gasteiger partial charge in [0.25, 0.3) is 0 Å². The summed E-state index contributed by atoms with van der Waals surface area (Å²) < 4.78 is 0. The molecular formula is C15H18N4. The van der Waals surface area contributed by atoms with E-state index in [1.165, 1.54) is 36.1 Å². The lowest BCUT2D eigenvalue weighted by Gasteiger charge is -2.12. The Morgan fingerprint density at radius 2 is 2.05 bits per heavy atom. The normalized spacial score (nSPS) is 14.5. The Kier molecular flexibility index (Phi) is 3.68. The van der Waals surface area contributed by atoms with Crippen molar-refractivity contribution >= 4 is 5.82 Å². The van der Waals surface area contributed by atoms with Crippen LogP contribution in [0.4, 0.5) is 5.82 Å². The lowest BCUT2D eigenvalue weighted by molar-refractivity contribution is 0.709. The highest BCUT2D eigenvalue weighted by Gasteiger charge is 2.13. The molecule has 0 unspecified atom stereocenters. The Hall–Kier alpha value is -1.97. The van der Waals surface area contributed by atoms with E-state index in [1.807, 2.05) is 12.3 Å². The van der Waals surface area contributed by atoms with E-state index in [0.717, 1.165) is 25.2 Å². The van der Waals surface area contributed by atoms with Crippen molar-refractivity contribution in [2.24, 2.45) is 0 Å². The maximum atomic E-state index is 4.43. The number of nitrogens with zero attached hydrogens (tertiary/aromatic N) is 3. The van der Waals surface area contributed by atoms with Gasteiger partial charge in [-0.3, -0.25) is 4.98 Å². The van der Waals surface area contributed by atoms with Crippen molar-refractivity contribution in [2.75, 3.05) is 5.32 Å². The number of aryl methyl sites for hydroxylation is 1. The monoisotopic (exact) mass is 254 g/mol. The molecule has 98 valence electrons. The zero-order chi connectivity index (χ0) is 12.9. The maximum Gasteiger partial charge on any atom is 0.133 e. The van der Waals surface area contributed by atoms with E-state index in [4.69, 9.17) is 0 Å². The number of rotatable bonds is 3.